The number of aryl methyl sites for hydroxylation is 1. The first-order chi connectivity index (χ1) is 15.6. The fraction of sp³-hybridized carbons (Fsp3) is 0.250. The monoisotopic (exact) mass is 434 g/mol. The molecule has 5 rings (SSSR count). The molecule has 0 N–H and O–H groups in total. The van der Waals surface area contributed by atoms with Gasteiger partial charge >= 0.3 is 0 Å². The van der Waals surface area contributed by atoms with E-state index in [1.54, 1.807) is 25.6 Å². The second-order valence-corrected chi connectivity index (χ2v) is 7.68. The van der Waals surface area contributed by atoms with Crippen molar-refractivity contribution in [1.82, 2.24) is 14.5 Å². The van der Waals surface area contributed by atoms with E-state index in [0.29, 0.717) is 31.4 Å². The molecule has 2 aliphatic heterocycles. The quantitative estimate of drug-likeness (QED) is 0.619. The zero-order chi connectivity index (χ0) is 22.1. The van der Waals surface area contributed by atoms with E-state index in [0.717, 1.165) is 28.3 Å². The number of methoxy groups -OCH3 is 1. The highest BCUT2D eigenvalue weighted by atomic mass is 19.1. The van der Waals surface area contributed by atoms with Gasteiger partial charge in [0, 0.05) is 6.20 Å². The fourth-order valence-electron chi connectivity index (χ4n) is 3.99. The molecule has 0 aliphatic carbocycles. The molecule has 1 unspecified atom stereocenters. The summed E-state index contributed by atoms with van der Waals surface area (Å²) in [6.07, 6.45) is 5.63. The Kier molecular flexibility index (Phi) is 5.26. The lowest BCUT2D eigenvalue weighted by molar-refractivity contribution is 0.0349. The van der Waals surface area contributed by atoms with Crippen molar-refractivity contribution in [2.24, 2.45) is 5.16 Å². The van der Waals surface area contributed by atoms with Crippen LogP contribution in [0.2, 0.25) is 0 Å². The molecule has 2 aliphatic rings. The number of ether oxygens (including phenoxy) is 2. The zero-order valence-corrected chi connectivity index (χ0v) is 17.9. The van der Waals surface area contributed by atoms with Crippen LogP contribution >= 0.6 is 0 Å². The van der Waals surface area contributed by atoms with Gasteiger partial charge in [-0.05, 0) is 48.4 Å². The number of amidine groups is 1. The van der Waals surface area contributed by atoms with Crippen LogP contribution in [0.1, 0.15) is 22.9 Å². The van der Waals surface area contributed by atoms with E-state index >= 15 is 0 Å². The number of nitrogens with zero attached hydrogens (tertiary/aromatic N) is 4. The Labute approximate surface area is 185 Å². The molecule has 1 aromatic heterocycles. The molecule has 0 bridgehead atoms. The molecule has 0 saturated carbocycles. The van der Waals surface area contributed by atoms with E-state index in [1.807, 2.05) is 42.0 Å². The molecular weight excluding hydrogens is 411 g/mol. The van der Waals surface area contributed by atoms with Gasteiger partial charge in [-0.2, -0.15) is 0 Å². The summed E-state index contributed by atoms with van der Waals surface area (Å²) in [5.41, 5.74) is 3.71. The SMILES string of the molecule is COc1cc(/C=C2/OCCN3C2=NOCC3c2ccc(F)cc2)ccc1-n1cnc(C)c1. The van der Waals surface area contributed by atoms with Crippen LogP contribution in [0.4, 0.5) is 4.39 Å². The van der Waals surface area contributed by atoms with Crippen LogP contribution in [-0.2, 0) is 9.57 Å². The molecule has 164 valence electrons. The number of halogens is 1. The molecule has 7 nitrogen and oxygen atoms in total. The highest BCUT2D eigenvalue weighted by Gasteiger charge is 2.34. The van der Waals surface area contributed by atoms with Crippen molar-refractivity contribution in [2.45, 2.75) is 13.0 Å². The number of morpholine rings is 1. The first-order valence-corrected chi connectivity index (χ1v) is 10.4. The molecule has 8 heteroatoms. The largest absolute Gasteiger partial charge is 0.495 e. The van der Waals surface area contributed by atoms with Gasteiger partial charge in [-0.3, -0.25) is 0 Å². The summed E-state index contributed by atoms with van der Waals surface area (Å²) in [7, 11) is 1.64. The minimum Gasteiger partial charge on any atom is -0.495 e. The molecule has 2 aromatic carbocycles. The molecule has 1 atom stereocenters. The highest BCUT2D eigenvalue weighted by Crippen LogP contribution is 2.31. The average molecular weight is 434 g/mol. The van der Waals surface area contributed by atoms with Crippen molar-refractivity contribution in [3.05, 3.63) is 83.4 Å². The number of benzene rings is 2. The van der Waals surface area contributed by atoms with Crippen molar-refractivity contribution < 1.29 is 18.7 Å². The van der Waals surface area contributed by atoms with Crippen LogP contribution in [0.15, 0.2) is 65.9 Å². The molecule has 3 aromatic rings. The predicted octanol–water partition coefficient (Wildman–Crippen LogP) is 4.09. The summed E-state index contributed by atoms with van der Waals surface area (Å²) >= 11 is 0. The third-order valence-electron chi connectivity index (χ3n) is 5.59. The van der Waals surface area contributed by atoms with Gasteiger partial charge in [0.05, 0.1) is 37.4 Å². The first-order valence-electron chi connectivity index (χ1n) is 10.4. The maximum atomic E-state index is 13.4. The molecule has 3 heterocycles. The van der Waals surface area contributed by atoms with Crippen molar-refractivity contribution in [1.29, 1.82) is 0 Å². The topological polar surface area (TPSA) is 61.1 Å². The normalized spacial score (nSPS) is 19.1. The lowest BCUT2D eigenvalue weighted by Gasteiger charge is -2.39. The van der Waals surface area contributed by atoms with Crippen LogP contribution in [0.3, 0.4) is 0 Å². The standard InChI is InChI=1S/C24H23FN4O3/c1-16-13-28(15-26-16)20-8-3-17(11-22(20)30-2)12-23-24-27-32-14-21(29(24)9-10-31-23)18-4-6-19(25)7-5-18/h3-8,11-13,15,21H,9-10,14H2,1-2H3/b23-12+. The van der Waals surface area contributed by atoms with Gasteiger partial charge in [-0.15, -0.1) is 0 Å². The van der Waals surface area contributed by atoms with Gasteiger partial charge in [0.15, 0.2) is 5.76 Å². The van der Waals surface area contributed by atoms with E-state index < -0.39 is 0 Å². The molecule has 32 heavy (non-hydrogen) atoms. The molecular formula is C24H23FN4O3. The molecule has 1 fully saturated rings. The van der Waals surface area contributed by atoms with E-state index in [2.05, 4.69) is 15.0 Å². The number of hydrogen-bond acceptors (Lipinski definition) is 6. The molecule has 0 spiro atoms. The number of hydrogen-bond donors (Lipinski definition) is 0. The molecule has 0 radical (unpaired) electrons. The second-order valence-electron chi connectivity index (χ2n) is 7.68. The number of aromatic nitrogens is 2. The van der Waals surface area contributed by atoms with E-state index in [-0.39, 0.29) is 11.9 Å². The van der Waals surface area contributed by atoms with Crippen molar-refractivity contribution in [2.75, 3.05) is 26.9 Å². The summed E-state index contributed by atoms with van der Waals surface area (Å²) in [6, 6.07) is 12.4. The van der Waals surface area contributed by atoms with Gasteiger partial charge in [0.1, 0.15) is 24.8 Å². The van der Waals surface area contributed by atoms with Crippen LogP contribution in [0, 0.1) is 12.7 Å². The number of oxime groups is 1. The number of imidazole rings is 1. The maximum Gasteiger partial charge on any atom is 0.211 e. The van der Waals surface area contributed by atoms with E-state index in [4.69, 9.17) is 14.3 Å². The summed E-state index contributed by atoms with van der Waals surface area (Å²) in [6.45, 7) is 3.53. The summed E-state index contributed by atoms with van der Waals surface area (Å²) in [4.78, 5) is 12.0. The van der Waals surface area contributed by atoms with Crippen LogP contribution < -0.4 is 4.74 Å². The van der Waals surface area contributed by atoms with Gasteiger partial charge in [0.25, 0.3) is 0 Å². The summed E-state index contributed by atoms with van der Waals surface area (Å²) < 4.78 is 26.9. The van der Waals surface area contributed by atoms with E-state index in [1.165, 1.54) is 12.1 Å². The smallest absolute Gasteiger partial charge is 0.211 e. The van der Waals surface area contributed by atoms with Gasteiger partial charge in [0.2, 0.25) is 5.84 Å². The third kappa shape index (κ3) is 3.79. The minimum atomic E-state index is -0.259. The van der Waals surface area contributed by atoms with Gasteiger partial charge in [-0.25, -0.2) is 9.37 Å². The Bertz CT molecular complexity index is 1190. The Hall–Kier alpha value is -3.81. The van der Waals surface area contributed by atoms with Crippen molar-refractivity contribution >= 4 is 11.9 Å². The van der Waals surface area contributed by atoms with Gasteiger partial charge < -0.3 is 23.8 Å². The average Bonchev–Trinajstić information content (AvgIpc) is 3.25. The van der Waals surface area contributed by atoms with Crippen molar-refractivity contribution in [3.8, 4) is 11.4 Å². The Balaban J connectivity index is 1.45. The zero-order valence-electron chi connectivity index (χ0n) is 17.9. The maximum absolute atomic E-state index is 13.4. The highest BCUT2D eigenvalue weighted by molar-refractivity contribution is 6.01. The van der Waals surface area contributed by atoms with E-state index in [9.17, 15) is 4.39 Å². The summed E-state index contributed by atoms with van der Waals surface area (Å²) in [5.74, 6) is 1.71. The number of fused-ring (bicyclic) bond motifs is 1. The molecule has 1 saturated heterocycles. The lowest BCUT2D eigenvalue weighted by Crippen LogP contribution is -2.46. The Morgan fingerprint density at radius 1 is 1.19 bits per heavy atom. The van der Waals surface area contributed by atoms with Crippen LogP contribution in [0.5, 0.6) is 5.75 Å². The molecule has 0 amide bonds. The Morgan fingerprint density at radius 3 is 2.78 bits per heavy atom. The second kappa shape index (κ2) is 8.37. The van der Waals surface area contributed by atoms with Crippen LogP contribution in [-0.4, -0.2) is 47.2 Å². The van der Waals surface area contributed by atoms with Gasteiger partial charge in [-0.1, -0.05) is 23.4 Å². The third-order valence-corrected chi connectivity index (χ3v) is 5.59. The lowest BCUT2D eigenvalue weighted by atomic mass is 10.0. The number of rotatable bonds is 4. The van der Waals surface area contributed by atoms with Crippen LogP contribution in [0.25, 0.3) is 11.8 Å². The fourth-order valence-corrected chi connectivity index (χ4v) is 3.99. The first kappa shape index (κ1) is 20.1. The predicted molar refractivity (Wildman–Crippen MR) is 118 cm³/mol. The Morgan fingerprint density at radius 2 is 2.03 bits per heavy atom. The summed E-state index contributed by atoms with van der Waals surface area (Å²) in [5, 5.41) is 4.26. The van der Waals surface area contributed by atoms with Crippen molar-refractivity contribution in [3.63, 3.8) is 0 Å². The minimum absolute atomic E-state index is 0.0585.